The molecular weight excluding hydrogens is 344 g/mol. The van der Waals surface area contributed by atoms with Crippen molar-refractivity contribution < 1.29 is 14.3 Å². The van der Waals surface area contributed by atoms with Gasteiger partial charge in [0.25, 0.3) is 0 Å². The molecule has 0 unspecified atom stereocenters. The number of carbonyl (C=O) groups excluding carboxylic acids is 1. The Hall–Kier alpha value is -3.22. The molecule has 0 saturated heterocycles. The number of nitrogens with zero attached hydrogens (tertiary/aromatic N) is 1. The SMILES string of the molecule is CCNc1c(CNc2cc(OC)cc(C(=O)OCC)c2)cnc2[nH]ccc12. The lowest BCUT2D eigenvalue weighted by Gasteiger charge is -2.14. The average Bonchev–Trinajstić information content (AvgIpc) is 3.16. The summed E-state index contributed by atoms with van der Waals surface area (Å²) in [7, 11) is 1.57. The van der Waals surface area contributed by atoms with Crippen molar-refractivity contribution in [3.8, 4) is 5.75 Å². The van der Waals surface area contributed by atoms with Gasteiger partial charge in [-0.25, -0.2) is 9.78 Å². The van der Waals surface area contributed by atoms with Crippen LogP contribution in [0.2, 0.25) is 0 Å². The molecule has 0 radical (unpaired) electrons. The first kappa shape index (κ1) is 18.6. The molecule has 0 aliphatic heterocycles. The molecule has 3 rings (SSSR count). The molecule has 0 atom stereocenters. The molecular formula is C20H24N4O3. The molecule has 0 amide bonds. The second-order valence-corrected chi connectivity index (χ2v) is 5.95. The van der Waals surface area contributed by atoms with Crippen LogP contribution in [0, 0.1) is 0 Å². The number of methoxy groups -OCH3 is 1. The second kappa shape index (κ2) is 8.44. The van der Waals surface area contributed by atoms with E-state index < -0.39 is 0 Å². The summed E-state index contributed by atoms with van der Waals surface area (Å²) >= 11 is 0. The van der Waals surface area contributed by atoms with E-state index in [0.717, 1.165) is 34.5 Å². The molecule has 0 spiro atoms. The van der Waals surface area contributed by atoms with E-state index in [2.05, 4.69) is 27.5 Å². The number of carbonyl (C=O) groups is 1. The van der Waals surface area contributed by atoms with Gasteiger partial charge in [-0.2, -0.15) is 0 Å². The molecule has 3 N–H and O–H groups in total. The lowest BCUT2D eigenvalue weighted by atomic mass is 10.1. The maximum Gasteiger partial charge on any atom is 0.338 e. The zero-order valence-corrected chi connectivity index (χ0v) is 15.8. The van der Waals surface area contributed by atoms with E-state index in [1.807, 2.05) is 24.5 Å². The van der Waals surface area contributed by atoms with Gasteiger partial charge in [0, 0.05) is 48.2 Å². The maximum atomic E-state index is 12.1. The zero-order valence-electron chi connectivity index (χ0n) is 15.8. The Morgan fingerprint density at radius 1 is 1.22 bits per heavy atom. The van der Waals surface area contributed by atoms with Crippen LogP contribution in [0.5, 0.6) is 5.75 Å². The first-order chi connectivity index (χ1) is 13.2. The van der Waals surface area contributed by atoms with Crippen molar-refractivity contribution >= 4 is 28.4 Å². The Kier molecular flexibility index (Phi) is 5.80. The highest BCUT2D eigenvalue weighted by atomic mass is 16.5. The van der Waals surface area contributed by atoms with Gasteiger partial charge in [0.05, 0.1) is 25.0 Å². The highest BCUT2D eigenvalue weighted by Gasteiger charge is 2.12. The van der Waals surface area contributed by atoms with Crippen molar-refractivity contribution in [1.82, 2.24) is 9.97 Å². The largest absolute Gasteiger partial charge is 0.497 e. The Morgan fingerprint density at radius 2 is 2.07 bits per heavy atom. The number of hydrogen-bond acceptors (Lipinski definition) is 6. The van der Waals surface area contributed by atoms with Crippen LogP contribution in [0.25, 0.3) is 11.0 Å². The minimum atomic E-state index is -0.372. The number of rotatable bonds is 8. The molecule has 3 aromatic rings. The maximum absolute atomic E-state index is 12.1. The third-order valence-electron chi connectivity index (χ3n) is 4.15. The van der Waals surface area contributed by atoms with Crippen LogP contribution in [0.4, 0.5) is 11.4 Å². The number of aromatic amines is 1. The fraction of sp³-hybridized carbons (Fsp3) is 0.300. The predicted molar refractivity (Wildman–Crippen MR) is 107 cm³/mol. The van der Waals surface area contributed by atoms with Crippen LogP contribution in [0.1, 0.15) is 29.8 Å². The number of fused-ring (bicyclic) bond motifs is 1. The average molecular weight is 368 g/mol. The van der Waals surface area contributed by atoms with Crippen LogP contribution in [0.15, 0.2) is 36.7 Å². The van der Waals surface area contributed by atoms with Crippen LogP contribution in [0.3, 0.4) is 0 Å². The molecule has 0 fully saturated rings. The normalized spacial score (nSPS) is 10.6. The summed E-state index contributed by atoms with van der Waals surface area (Å²) in [6.45, 7) is 5.52. The second-order valence-electron chi connectivity index (χ2n) is 5.95. The number of benzene rings is 1. The first-order valence-electron chi connectivity index (χ1n) is 8.95. The third kappa shape index (κ3) is 4.13. The standard InChI is InChI=1S/C20H24N4O3/c1-4-21-18-14(12-24-19-17(18)6-7-22-19)11-23-15-8-13(20(25)27-5-2)9-16(10-15)26-3/h6-10,12,23H,4-5,11H2,1-3H3,(H2,21,22,24). The summed E-state index contributed by atoms with van der Waals surface area (Å²) < 4.78 is 10.4. The van der Waals surface area contributed by atoms with E-state index >= 15 is 0 Å². The van der Waals surface area contributed by atoms with E-state index in [1.165, 1.54) is 0 Å². The van der Waals surface area contributed by atoms with Crippen molar-refractivity contribution in [2.75, 3.05) is 30.9 Å². The van der Waals surface area contributed by atoms with Crippen molar-refractivity contribution in [1.29, 1.82) is 0 Å². The molecule has 0 aliphatic carbocycles. The van der Waals surface area contributed by atoms with Crippen molar-refractivity contribution in [2.24, 2.45) is 0 Å². The third-order valence-corrected chi connectivity index (χ3v) is 4.15. The van der Waals surface area contributed by atoms with Gasteiger partial charge in [-0.3, -0.25) is 0 Å². The number of aromatic nitrogens is 2. The molecule has 7 heteroatoms. The molecule has 2 heterocycles. The van der Waals surface area contributed by atoms with Gasteiger partial charge >= 0.3 is 5.97 Å². The summed E-state index contributed by atoms with van der Waals surface area (Å²) in [5.41, 5.74) is 4.15. The predicted octanol–water partition coefficient (Wildman–Crippen LogP) is 3.79. The number of H-pyrrole nitrogens is 1. The lowest BCUT2D eigenvalue weighted by Crippen LogP contribution is -2.09. The van der Waals surface area contributed by atoms with Gasteiger partial charge in [0.2, 0.25) is 0 Å². The molecule has 2 aromatic heterocycles. The van der Waals surface area contributed by atoms with Crippen molar-refractivity contribution in [3.63, 3.8) is 0 Å². The van der Waals surface area contributed by atoms with Crippen molar-refractivity contribution in [3.05, 3.63) is 47.8 Å². The Labute approximate surface area is 158 Å². The molecule has 0 saturated carbocycles. The van der Waals surface area contributed by atoms with E-state index in [0.29, 0.717) is 24.5 Å². The van der Waals surface area contributed by atoms with Gasteiger partial charge in [-0.15, -0.1) is 0 Å². The van der Waals surface area contributed by atoms with Gasteiger partial charge in [-0.1, -0.05) is 0 Å². The lowest BCUT2D eigenvalue weighted by molar-refractivity contribution is 0.0526. The van der Waals surface area contributed by atoms with Crippen LogP contribution in [-0.4, -0.2) is 36.2 Å². The fourth-order valence-electron chi connectivity index (χ4n) is 2.92. The summed E-state index contributed by atoms with van der Waals surface area (Å²) in [6, 6.07) is 7.28. The summed E-state index contributed by atoms with van der Waals surface area (Å²) in [5, 5.41) is 7.81. The molecule has 142 valence electrons. The molecule has 0 aliphatic rings. The summed E-state index contributed by atoms with van der Waals surface area (Å²) in [5.74, 6) is 0.220. The highest BCUT2D eigenvalue weighted by molar-refractivity contribution is 5.92. The van der Waals surface area contributed by atoms with Crippen molar-refractivity contribution in [2.45, 2.75) is 20.4 Å². The number of ether oxygens (including phenoxy) is 2. The van der Waals surface area contributed by atoms with Crippen LogP contribution in [-0.2, 0) is 11.3 Å². The monoisotopic (exact) mass is 368 g/mol. The molecule has 27 heavy (non-hydrogen) atoms. The quantitative estimate of drug-likeness (QED) is 0.524. The molecule has 0 bridgehead atoms. The molecule has 1 aromatic carbocycles. The number of esters is 1. The number of hydrogen-bond donors (Lipinski definition) is 3. The fourth-order valence-corrected chi connectivity index (χ4v) is 2.92. The van der Waals surface area contributed by atoms with Crippen LogP contribution >= 0.6 is 0 Å². The van der Waals surface area contributed by atoms with Gasteiger partial charge in [0.1, 0.15) is 11.4 Å². The van der Waals surface area contributed by atoms with Crippen LogP contribution < -0.4 is 15.4 Å². The van der Waals surface area contributed by atoms with Gasteiger partial charge < -0.3 is 25.1 Å². The Balaban J connectivity index is 1.86. The van der Waals surface area contributed by atoms with Gasteiger partial charge in [0.15, 0.2) is 0 Å². The Morgan fingerprint density at radius 3 is 2.81 bits per heavy atom. The Bertz CT molecular complexity index is 936. The summed E-state index contributed by atoms with van der Waals surface area (Å²) in [4.78, 5) is 19.7. The van der Waals surface area contributed by atoms with E-state index in [4.69, 9.17) is 9.47 Å². The van der Waals surface area contributed by atoms with E-state index in [-0.39, 0.29) is 5.97 Å². The van der Waals surface area contributed by atoms with E-state index in [9.17, 15) is 4.79 Å². The number of nitrogens with one attached hydrogen (secondary N) is 3. The van der Waals surface area contributed by atoms with Gasteiger partial charge in [-0.05, 0) is 32.0 Å². The minimum Gasteiger partial charge on any atom is -0.497 e. The molecule has 7 nitrogen and oxygen atoms in total. The first-order valence-corrected chi connectivity index (χ1v) is 8.95. The zero-order chi connectivity index (χ0) is 19.2. The van der Waals surface area contributed by atoms with E-state index in [1.54, 1.807) is 26.2 Å². The number of anilines is 2. The summed E-state index contributed by atoms with van der Waals surface area (Å²) in [6.07, 6.45) is 3.72. The highest BCUT2D eigenvalue weighted by Crippen LogP contribution is 2.27. The minimum absolute atomic E-state index is 0.327. The smallest absolute Gasteiger partial charge is 0.338 e. The topological polar surface area (TPSA) is 88.3 Å². The number of pyridine rings is 1.